The SMILES string of the molecule is C[P+]12CCCCP1CCC2.[I-]. The first-order valence-electron chi connectivity index (χ1n) is 4.41. The summed E-state index contributed by atoms with van der Waals surface area (Å²) >= 11 is 0. The molecule has 0 aromatic carbocycles. The molecule has 0 N–H and O–H groups in total. The van der Waals surface area contributed by atoms with Crippen molar-refractivity contribution in [2.45, 2.75) is 19.3 Å². The summed E-state index contributed by atoms with van der Waals surface area (Å²) in [5.74, 6) is 0. The molecule has 0 aromatic rings. The van der Waals surface area contributed by atoms with Gasteiger partial charge in [0.1, 0.15) is 0 Å². The van der Waals surface area contributed by atoms with Crippen LogP contribution < -0.4 is 24.0 Å². The number of hydrogen-bond acceptors (Lipinski definition) is 0. The van der Waals surface area contributed by atoms with Gasteiger partial charge in [-0.05, 0) is 19.3 Å². The van der Waals surface area contributed by atoms with Crippen LogP contribution in [0.1, 0.15) is 19.3 Å². The van der Waals surface area contributed by atoms with Crippen molar-refractivity contribution in [3.8, 4) is 0 Å². The molecule has 2 aliphatic rings. The Bertz CT molecular complexity index is 140. The van der Waals surface area contributed by atoms with Crippen LogP contribution in [0.4, 0.5) is 0 Å². The maximum absolute atomic E-state index is 2.66. The third-order valence-electron chi connectivity index (χ3n) is 3.04. The van der Waals surface area contributed by atoms with Gasteiger partial charge >= 0.3 is 0 Å². The van der Waals surface area contributed by atoms with Crippen LogP contribution in [0.15, 0.2) is 0 Å². The molecule has 0 radical (unpaired) electrons. The number of rotatable bonds is 0. The van der Waals surface area contributed by atoms with Crippen LogP contribution in [-0.4, -0.2) is 31.3 Å². The second-order valence-corrected chi connectivity index (χ2v) is 13.9. The molecule has 3 heteroatoms. The highest BCUT2D eigenvalue weighted by Crippen LogP contribution is 2.87. The van der Waals surface area contributed by atoms with Gasteiger partial charge in [-0.3, -0.25) is 0 Å². The summed E-state index contributed by atoms with van der Waals surface area (Å²) < 4.78 is 0. The molecule has 2 saturated heterocycles. The normalized spacial score (nSPS) is 42.8. The predicted octanol–water partition coefficient (Wildman–Crippen LogP) is 0.232. The fraction of sp³-hybridized carbons (Fsp3) is 1.00. The van der Waals surface area contributed by atoms with Crippen molar-refractivity contribution < 1.29 is 24.0 Å². The molecule has 11 heavy (non-hydrogen) atoms. The zero-order chi connectivity index (χ0) is 7.03. The van der Waals surface area contributed by atoms with E-state index < -0.39 is 0 Å². The van der Waals surface area contributed by atoms with Gasteiger partial charge < -0.3 is 24.0 Å². The van der Waals surface area contributed by atoms with Crippen molar-refractivity contribution in [3.05, 3.63) is 0 Å². The first-order chi connectivity index (χ1) is 4.81. The van der Waals surface area contributed by atoms with Gasteiger partial charge in [0, 0.05) is 19.3 Å². The molecule has 0 saturated carbocycles. The van der Waals surface area contributed by atoms with Gasteiger partial charge in [-0.2, -0.15) is 0 Å². The van der Waals surface area contributed by atoms with Gasteiger partial charge in [-0.1, -0.05) is 0 Å². The smallest absolute Gasteiger partial charge is 0.0618 e. The lowest BCUT2D eigenvalue weighted by Crippen LogP contribution is -3.00. The largest absolute Gasteiger partial charge is 1.00 e. The maximum atomic E-state index is 2.66. The quantitative estimate of drug-likeness (QED) is 0.444. The molecule has 0 aromatic heterocycles. The van der Waals surface area contributed by atoms with Crippen LogP contribution >= 0.6 is 14.6 Å². The Morgan fingerprint density at radius 3 is 2.36 bits per heavy atom. The van der Waals surface area contributed by atoms with Gasteiger partial charge in [0.2, 0.25) is 0 Å². The maximum Gasteiger partial charge on any atom is 0.0618 e. The Morgan fingerprint density at radius 1 is 1.00 bits per heavy atom. The average Bonchev–Trinajstić information content (AvgIpc) is 2.29. The minimum atomic E-state index is -0.259. The van der Waals surface area contributed by atoms with Crippen molar-refractivity contribution in [2.24, 2.45) is 0 Å². The average molecular weight is 302 g/mol. The predicted molar refractivity (Wildman–Crippen MR) is 53.1 cm³/mol. The van der Waals surface area contributed by atoms with Crippen LogP contribution in [-0.2, 0) is 0 Å². The van der Waals surface area contributed by atoms with Gasteiger partial charge in [0.25, 0.3) is 0 Å². The van der Waals surface area contributed by atoms with E-state index in [1.807, 2.05) is 0 Å². The van der Waals surface area contributed by atoms with E-state index in [1.54, 1.807) is 43.9 Å². The van der Waals surface area contributed by atoms with Gasteiger partial charge in [-0.25, -0.2) is 0 Å². The summed E-state index contributed by atoms with van der Waals surface area (Å²) in [6.45, 7) is 2.40. The fourth-order valence-corrected chi connectivity index (χ4v) is 13.7. The third kappa shape index (κ3) is 2.09. The lowest BCUT2D eigenvalue weighted by atomic mass is 10.4. The molecule has 0 nitrogen and oxygen atoms in total. The zero-order valence-corrected chi connectivity index (χ0v) is 11.2. The molecular formula is C8H17IP2. The second-order valence-electron chi connectivity index (χ2n) is 3.80. The second kappa shape index (κ2) is 4.20. The van der Waals surface area contributed by atoms with E-state index in [0.29, 0.717) is 7.61 Å². The van der Waals surface area contributed by atoms with Crippen LogP contribution in [0.3, 0.4) is 0 Å². The molecule has 0 spiro atoms. The molecule has 2 unspecified atom stereocenters. The van der Waals surface area contributed by atoms with Crippen LogP contribution in [0.5, 0.6) is 0 Å². The standard InChI is InChI=1S/C8H17P2.HI/c1-10-7-3-2-5-9(10)6-4-8-10;/h2-8H2,1H3;1H/q+1;/p-1. The van der Waals surface area contributed by atoms with E-state index in [4.69, 9.17) is 0 Å². The molecule has 0 amide bonds. The fourth-order valence-electron chi connectivity index (χ4n) is 2.33. The van der Waals surface area contributed by atoms with E-state index >= 15 is 0 Å². The monoisotopic (exact) mass is 302 g/mol. The van der Waals surface area contributed by atoms with Crippen molar-refractivity contribution in [1.29, 1.82) is 0 Å². The third-order valence-corrected chi connectivity index (χ3v) is 15.1. The Kier molecular flexibility index (Phi) is 4.07. The Morgan fingerprint density at radius 2 is 1.64 bits per heavy atom. The van der Waals surface area contributed by atoms with E-state index in [2.05, 4.69) is 6.66 Å². The molecule has 2 heterocycles. The molecule has 2 atom stereocenters. The highest BCUT2D eigenvalue weighted by Gasteiger charge is 2.46. The van der Waals surface area contributed by atoms with Gasteiger partial charge in [0.05, 0.1) is 26.6 Å². The lowest BCUT2D eigenvalue weighted by Gasteiger charge is -2.28. The van der Waals surface area contributed by atoms with E-state index in [9.17, 15) is 0 Å². The minimum absolute atomic E-state index is 0. The zero-order valence-electron chi connectivity index (χ0n) is 7.22. The van der Waals surface area contributed by atoms with E-state index in [0.717, 1.165) is 0 Å². The lowest BCUT2D eigenvalue weighted by molar-refractivity contribution is -0.00000214. The molecule has 0 bridgehead atoms. The van der Waals surface area contributed by atoms with Crippen molar-refractivity contribution in [3.63, 3.8) is 0 Å². The number of fused-ring (bicyclic) bond motifs is 1. The summed E-state index contributed by atoms with van der Waals surface area (Å²) in [5.41, 5.74) is 0. The first-order valence-corrected chi connectivity index (χ1v) is 9.44. The van der Waals surface area contributed by atoms with Crippen LogP contribution in [0.2, 0.25) is 0 Å². The van der Waals surface area contributed by atoms with Crippen molar-refractivity contribution >= 4 is 14.6 Å². The van der Waals surface area contributed by atoms with E-state index in [1.165, 1.54) is 0 Å². The van der Waals surface area contributed by atoms with Gasteiger partial charge in [0.15, 0.2) is 0 Å². The van der Waals surface area contributed by atoms with Crippen LogP contribution in [0.25, 0.3) is 0 Å². The summed E-state index contributed by atoms with van der Waals surface area (Å²) in [6, 6.07) is 0. The topological polar surface area (TPSA) is 0 Å². The first kappa shape index (κ1) is 10.7. The molecule has 2 fully saturated rings. The highest BCUT2D eigenvalue weighted by atomic mass is 127. The minimum Gasteiger partial charge on any atom is -1.00 e. The highest BCUT2D eigenvalue weighted by molar-refractivity contribution is 8.39. The number of hydrogen-bond donors (Lipinski definition) is 0. The van der Waals surface area contributed by atoms with Crippen LogP contribution in [0, 0.1) is 0 Å². The van der Waals surface area contributed by atoms with Gasteiger partial charge in [-0.15, -0.1) is 0 Å². The summed E-state index contributed by atoms with van der Waals surface area (Å²) in [6.07, 6.45) is 11.4. The summed E-state index contributed by atoms with van der Waals surface area (Å²) in [5, 5.41) is 0. The molecule has 66 valence electrons. The number of halogens is 1. The van der Waals surface area contributed by atoms with Crippen molar-refractivity contribution in [1.82, 2.24) is 0 Å². The molecule has 0 aliphatic carbocycles. The van der Waals surface area contributed by atoms with E-state index in [-0.39, 0.29) is 30.9 Å². The molecular weight excluding hydrogens is 285 g/mol. The van der Waals surface area contributed by atoms with Crippen molar-refractivity contribution in [2.75, 3.05) is 31.3 Å². The Hall–Kier alpha value is 1.59. The molecule has 2 aliphatic heterocycles. The Labute approximate surface area is 88.9 Å². The Balaban J connectivity index is 0.000000605. The summed E-state index contributed by atoms with van der Waals surface area (Å²) in [4.78, 5) is 0. The molecule has 2 rings (SSSR count). The summed E-state index contributed by atoms with van der Waals surface area (Å²) in [7, 11) is 0.609.